The lowest BCUT2D eigenvalue weighted by molar-refractivity contribution is -0.119. The lowest BCUT2D eigenvalue weighted by atomic mass is 10.2. The molecule has 0 radical (unpaired) electrons. The monoisotopic (exact) mass is 366 g/mol. The second-order valence-corrected chi connectivity index (χ2v) is 7.57. The van der Waals surface area contributed by atoms with E-state index in [1.54, 1.807) is 12.1 Å². The molecule has 1 amide bonds. The Morgan fingerprint density at radius 3 is 2.71 bits per heavy atom. The van der Waals surface area contributed by atoms with Crippen LogP contribution in [-0.4, -0.2) is 27.5 Å². The maximum Gasteiger partial charge on any atom is 0.264 e. The number of rotatable bonds is 5. The van der Waals surface area contributed by atoms with E-state index in [4.69, 9.17) is 22.1 Å². The normalized spacial score (nSPS) is 13.6. The number of nitrogens with zero attached hydrogens (tertiary/aromatic N) is 1. The highest BCUT2D eigenvalue weighted by Gasteiger charge is 2.31. The molecule has 126 valence electrons. The lowest BCUT2D eigenvalue weighted by Gasteiger charge is -2.20. The molecule has 2 aromatic rings. The fraction of sp³-hybridized carbons (Fsp3) is 0.188. The number of carbonyl (C=O) groups is 1. The quantitative estimate of drug-likeness (QED) is 0.875. The Kier molecular flexibility index (Phi) is 4.38. The molecule has 0 unspecified atom stereocenters. The van der Waals surface area contributed by atoms with Crippen LogP contribution in [0.3, 0.4) is 0 Å². The summed E-state index contributed by atoms with van der Waals surface area (Å²) in [4.78, 5) is 10.8. The van der Waals surface area contributed by atoms with Gasteiger partial charge in [0.2, 0.25) is 0 Å². The fourth-order valence-electron chi connectivity index (χ4n) is 2.59. The number of hydrogen-bond donors (Lipinski definition) is 1. The number of hydrogen-bond acceptors (Lipinski definition) is 4. The van der Waals surface area contributed by atoms with Gasteiger partial charge in [-0.1, -0.05) is 29.8 Å². The van der Waals surface area contributed by atoms with Crippen LogP contribution in [0.4, 0.5) is 5.69 Å². The second-order valence-electron chi connectivity index (χ2n) is 5.30. The van der Waals surface area contributed by atoms with Gasteiger partial charge in [0, 0.05) is 6.54 Å². The number of sulfonamides is 1. The van der Waals surface area contributed by atoms with Gasteiger partial charge in [-0.05, 0) is 36.2 Å². The number of para-hydroxylation sites is 1. The summed E-state index contributed by atoms with van der Waals surface area (Å²) in [5.74, 6) is -0.437. The number of benzene rings is 2. The predicted octanol–water partition coefficient (Wildman–Crippen LogP) is 1.96. The molecule has 0 fully saturated rings. The first-order valence-corrected chi connectivity index (χ1v) is 9.02. The van der Waals surface area contributed by atoms with Gasteiger partial charge in [-0.2, -0.15) is 0 Å². The van der Waals surface area contributed by atoms with Crippen LogP contribution >= 0.6 is 11.6 Å². The Morgan fingerprint density at radius 2 is 2.00 bits per heavy atom. The number of fused-ring (bicyclic) bond motifs is 1. The number of amides is 1. The second kappa shape index (κ2) is 6.33. The molecular weight excluding hydrogens is 352 g/mol. The van der Waals surface area contributed by atoms with Gasteiger partial charge in [-0.15, -0.1) is 0 Å². The number of halogens is 1. The molecule has 1 heterocycles. The first-order valence-electron chi connectivity index (χ1n) is 7.21. The summed E-state index contributed by atoms with van der Waals surface area (Å²) in [6, 6.07) is 11.5. The summed E-state index contributed by atoms with van der Waals surface area (Å²) >= 11 is 6.07. The van der Waals surface area contributed by atoms with Gasteiger partial charge in [-0.3, -0.25) is 9.10 Å². The van der Waals surface area contributed by atoms with Gasteiger partial charge in [0.25, 0.3) is 15.9 Å². The van der Waals surface area contributed by atoms with Crippen molar-refractivity contribution in [2.75, 3.05) is 17.5 Å². The minimum absolute atomic E-state index is 0.0654. The van der Waals surface area contributed by atoms with Gasteiger partial charge in [0.15, 0.2) is 6.61 Å². The van der Waals surface area contributed by atoms with E-state index in [1.165, 1.54) is 22.5 Å². The Hall–Kier alpha value is -2.25. The molecule has 6 nitrogen and oxygen atoms in total. The molecule has 2 N–H and O–H groups in total. The summed E-state index contributed by atoms with van der Waals surface area (Å²) in [6.45, 7) is 0.0601. The predicted molar refractivity (Wildman–Crippen MR) is 90.8 cm³/mol. The molecule has 1 aliphatic rings. The smallest absolute Gasteiger partial charge is 0.264 e. The highest BCUT2D eigenvalue weighted by atomic mass is 35.5. The molecule has 0 bridgehead atoms. The Bertz CT molecular complexity index is 899. The first kappa shape index (κ1) is 16.6. The van der Waals surface area contributed by atoms with E-state index < -0.39 is 15.9 Å². The average molecular weight is 367 g/mol. The molecular formula is C16H15ClN2O4S. The van der Waals surface area contributed by atoms with E-state index in [9.17, 15) is 13.2 Å². The van der Waals surface area contributed by atoms with Crippen LogP contribution < -0.4 is 14.8 Å². The summed E-state index contributed by atoms with van der Waals surface area (Å²) in [5, 5.41) is 0.102. The fourth-order valence-corrected chi connectivity index (χ4v) is 4.42. The number of primary amides is 1. The van der Waals surface area contributed by atoms with E-state index in [1.807, 2.05) is 12.1 Å². The zero-order valence-corrected chi connectivity index (χ0v) is 14.2. The van der Waals surface area contributed by atoms with Crippen molar-refractivity contribution in [1.82, 2.24) is 0 Å². The SMILES string of the molecule is NC(=O)COc1ccc(S(=O)(=O)N2CCc3ccccc32)cc1Cl. The van der Waals surface area contributed by atoms with E-state index in [2.05, 4.69) is 0 Å². The van der Waals surface area contributed by atoms with Crippen molar-refractivity contribution >= 4 is 33.2 Å². The zero-order chi connectivity index (χ0) is 17.3. The molecule has 0 atom stereocenters. The maximum atomic E-state index is 12.9. The number of carbonyl (C=O) groups excluding carboxylic acids is 1. The van der Waals surface area contributed by atoms with Crippen molar-refractivity contribution in [3.8, 4) is 5.75 Å². The molecule has 8 heteroatoms. The third kappa shape index (κ3) is 3.05. The zero-order valence-electron chi connectivity index (χ0n) is 12.6. The minimum atomic E-state index is -3.72. The number of anilines is 1. The first-order chi connectivity index (χ1) is 11.4. The maximum absolute atomic E-state index is 12.9. The van der Waals surface area contributed by atoms with Crippen LogP contribution in [0.1, 0.15) is 5.56 Å². The Morgan fingerprint density at radius 1 is 1.25 bits per heavy atom. The molecule has 3 rings (SSSR count). The molecule has 0 aromatic heterocycles. The third-order valence-corrected chi connectivity index (χ3v) is 5.81. The topological polar surface area (TPSA) is 89.7 Å². The van der Waals surface area contributed by atoms with Gasteiger partial charge in [0.05, 0.1) is 15.6 Å². The van der Waals surface area contributed by atoms with Crippen molar-refractivity contribution in [2.45, 2.75) is 11.3 Å². The largest absolute Gasteiger partial charge is 0.482 e. The molecule has 0 spiro atoms. The number of nitrogens with two attached hydrogens (primary N) is 1. The molecule has 2 aromatic carbocycles. The van der Waals surface area contributed by atoms with Gasteiger partial charge >= 0.3 is 0 Å². The van der Waals surface area contributed by atoms with Crippen LogP contribution in [0.2, 0.25) is 5.02 Å². The van der Waals surface area contributed by atoms with Crippen LogP contribution in [0.15, 0.2) is 47.4 Å². The average Bonchev–Trinajstić information content (AvgIpc) is 2.98. The Balaban J connectivity index is 1.91. The summed E-state index contributed by atoms with van der Waals surface area (Å²) in [7, 11) is -3.72. The molecule has 1 aliphatic heterocycles. The highest BCUT2D eigenvalue weighted by Crippen LogP contribution is 2.34. The van der Waals surface area contributed by atoms with Gasteiger partial charge in [-0.25, -0.2) is 8.42 Å². The van der Waals surface area contributed by atoms with E-state index in [-0.39, 0.29) is 22.3 Å². The highest BCUT2D eigenvalue weighted by molar-refractivity contribution is 7.92. The van der Waals surface area contributed by atoms with Crippen LogP contribution in [0, 0.1) is 0 Å². The minimum Gasteiger partial charge on any atom is -0.482 e. The van der Waals surface area contributed by atoms with Gasteiger partial charge in [0.1, 0.15) is 5.75 Å². The van der Waals surface area contributed by atoms with Crippen LogP contribution in [0.5, 0.6) is 5.75 Å². The number of ether oxygens (including phenoxy) is 1. The van der Waals surface area contributed by atoms with Crippen molar-refractivity contribution in [1.29, 1.82) is 0 Å². The summed E-state index contributed by atoms with van der Waals surface area (Å²) in [6.07, 6.45) is 0.670. The van der Waals surface area contributed by atoms with Crippen molar-refractivity contribution in [3.63, 3.8) is 0 Å². The molecule has 0 saturated carbocycles. The van der Waals surface area contributed by atoms with Crippen molar-refractivity contribution in [3.05, 3.63) is 53.1 Å². The van der Waals surface area contributed by atoms with Crippen LogP contribution in [0.25, 0.3) is 0 Å². The molecule has 0 aliphatic carbocycles. The standard InChI is InChI=1S/C16H15ClN2O4S/c17-13-9-12(5-6-15(13)23-10-16(18)20)24(21,22)19-8-7-11-3-1-2-4-14(11)19/h1-6,9H,7-8,10H2,(H2,18,20). The molecule has 24 heavy (non-hydrogen) atoms. The van der Waals surface area contributed by atoms with E-state index in [0.29, 0.717) is 18.7 Å². The van der Waals surface area contributed by atoms with Crippen molar-refractivity contribution < 1.29 is 17.9 Å². The van der Waals surface area contributed by atoms with Crippen molar-refractivity contribution in [2.24, 2.45) is 5.73 Å². The Labute approximate surface area is 144 Å². The third-order valence-electron chi connectivity index (χ3n) is 3.71. The van der Waals surface area contributed by atoms with Gasteiger partial charge < -0.3 is 10.5 Å². The summed E-state index contributed by atoms with van der Waals surface area (Å²) < 4.78 is 32.3. The summed E-state index contributed by atoms with van der Waals surface area (Å²) in [5.41, 5.74) is 6.68. The van der Waals surface area contributed by atoms with E-state index >= 15 is 0 Å². The van der Waals surface area contributed by atoms with E-state index in [0.717, 1.165) is 5.56 Å². The molecule has 0 saturated heterocycles. The lowest BCUT2D eigenvalue weighted by Crippen LogP contribution is -2.29. The van der Waals surface area contributed by atoms with Crippen LogP contribution in [-0.2, 0) is 21.2 Å².